The Labute approximate surface area is 189 Å². The van der Waals surface area contributed by atoms with Gasteiger partial charge in [-0.05, 0) is 50.5 Å². The number of hydrogen-bond acceptors (Lipinski definition) is 4. The molecular formula is C25H31N3O4. The molecule has 1 saturated heterocycles. The van der Waals surface area contributed by atoms with Gasteiger partial charge in [-0.15, -0.1) is 0 Å². The van der Waals surface area contributed by atoms with Crippen LogP contribution in [0.25, 0.3) is 0 Å². The molecule has 7 heteroatoms. The number of amides is 3. The molecule has 1 aliphatic rings. The van der Waals surface area contributed by atoms with E-state index < -0.39 is 17.7 Å². The normalized spacial score (nSPS) is 14.7. The molecule has 2 aromatic rings. The summed E-state index contributed by atoms with van der Waals surface area (Å²) in [5.41, 5.74) is 1.98. The van der Waals surface area contributed by atoms with E-state index in [2.05, 4.69) is 10.6 Å². The monoisotopic (exact) mass is 437 g/mol. The van der Waals surface area contributed by atoms with Crippen molar-refractivity contribution in [2.75, 3.05) is 18.0 Å². The molecular weight excluding hydrogens is 406 g/mol. The largest absolute Gasteiger partial charge is 0.444 e. The molecule has 2 aromatic carbocycles. The number of alkyl carbamates (subject to hydrolysis) is 1. The highest BCUT2D eigenvalue weighted by Gasteiger charge is 2.22. The summed E-state index contributed by atoms with van der Waals surface area (Å²) >= 11 is 0. The van der Waals surface area contributed by atoms with E-state index in [0.717, 1.165) is 29.8 Å². The average Bonchev–Trinajstić information content (AvgIpc) is 3.17. The Kier molecular flexibility index (Phi) is 7.51. The third-order valence-electron chi connectivity index (χ3n) is 5.08. The zero-order valence-electron chi connectivity index (χ0n) is 18.9. The topological polar surface area (TPSA) is 87.7 Å². The van der Waals surface area contributed by atoms with E-state index in [9.17, 15) is 14.4 Å². The van der Waals surface area contributed by atoms with Gasteiger partial charge in [0.1, 0.15) is 5.60 Å². The van der Waals surface area contributed by atoms with Crippen LogP contribution in [0.5, 0.6) is 0 Å². The molecule has 7 nitrogen and oxygen atoms in total. The number of carbonyl (C=O) groups excluding carboxylic acids is 3. The van der Waals surface area contributed by atoms with Crippen LogP contribution in [0.3, 0.4) is 0 Å². The molecule has 0 spiro atoms. The second-order valence-corrected chi connectivity index (χ2v) is 8.91. The van der Waals surface area contributed by atoms with Gasteiger partial charge in [-0.1, -0.05) is 42.5 Å². The Hall–Kier alpha value is -3.35. The summed E-state index contributed by atoms with van der Waals surface area (Å²) in [7, 11) is 0. The van der Waals surface area contributed by atoms with E-state index in [-0.39, 0.29) is 24.8 Å². The molecule has 1 aliphatic heterocycles. The molecule has 0 saturated carbocycles. The Morgan fingerprint density at radius 3 is 2.34 bits per heavy atom. The van der Waals surface area contributed by atoms with Gasteiger partial charge in [0.05, 0.1) is 12.5 Å². The van der Waals surface area contributed by atoms with Crippen molar-refractivity contribution in [1.82, 2.24) is 10.6 Å². The first-order chi connectivity index (χ1) is 15.2. The highest BCUT2D eigenvalue weighted by Crippen LogP contribution is 2.22. The smallest absolute Gasteiger partial charge is 0.408 e. The van der Waals surface area contributed by atoms with Crippen molar-refractivity contribution >= 4 is 23.6 Å². The first-order valence-corrected chi connectivity index (χ1v) is 10.9. The van der Waals surface area contributed by atoms with Crippen LogP contribution in [0.2, 0.25) is 0 Å². The summed E-state index contributed by atoms with van der Waals surface area (Å²) in [4.78, 5) is 38.5. The van der Waals surface area contributed by atoms with Gasteiger partial charge in [0, 0.05) is 25.2 Å². The van der Waals surface area contributed by atoms with Crippen LogP contribution in [-0.2, 0) is 20.7 Å². The lowest BCUT2D eigenvalue weighted by Gasteiger charge is -2.24. The summed E-state index contributed by atoms with van der Waals surface area (Å²) in [6, 6.07) is 16.5. The number of hydrogen-bond donors (Lipinski definition) is 2. The van der Waals surface area contributed by atoms with Crippen molar-refractivity contribution in [2.24, 2.45) is 0 Å². The maximum Gasteiger partial charge on any atom is 0.408 e. The fourth-order valence-electron chi connectivity index (χ4n) is 3.57. The van der Waals surface area contributed by atoms with E-state index in [0.29, 0.717) is 6.42 Å². The maximum absolute atomic E-state index is 12.5. The van der Waals surface area contributed by atoms with E-state index in [1.807, 2.05) is 54.6 Å². The molecule has 170 valence electrons. The number of ether oxygens (including phenoxy) is 1. The molecule has 0 radical (unpaired) electrons. The van der Waals surface area contributed by atoms with Gasteiger partial charge in [-0.3, -0.25) is 9.59 Å². The minimum atomic E-state index is -0.611. The van der Waals surface area contributed by atoms with Crippen LogP contribution in [0.4, 0.5) is 10.5 Å². The molecule has 1 fully saturated rings. The molecule has 2 N–H and O–H groups in total. The van der Waals surface area contributed by atoms with E-state index >= 15 is 0 Å². The predicted octanol–water partition coefficient (Wildman–Crippen LogP) is 3.74. The van der Waals surface area contributed by atoms with Crippen molar-refractivity contribution < 1.29 is 19.1 Å². The molecule has 32 heavy (non-hydrogen) atoms. The van der Waals surface area contributed by atoms with Gasteiger partial charge < -0.3 is 20.3 Å². The summed E-state index contributed by atoms with van der Waals surface area (Å²) in [6.07, 6.45) is 1.14. The number of anilines is 1. The third kappa shape index (κ3) is 6.83. The lowest BCUT2D eigenvalue weighted by atomic mass is 10.1. The Bertz CT molecular complexity index is 936. The quantitative estimate of drug-likeness (QED) is 0.691. The summed E-state index contributed by atoms with van der Waals surface area (Å²) in [6.45, 7) is 6.39. The second-order valence-electron chi connectivity index (χ2n) is 8.91. The average molecular weight is 438 g/mol. The first-order valence-electron chi connectivity index (χ1n) is 10.9. The van der Waals surface area contributed by atoms with Gasteiger partial charge in [-0.25, -0.2) is 4.79 Å². The number of rotatable bonds is 7. The van der Waals surface area contributed by atoms with Gasteiger partial charge >= 0.3 is 6.09 Å². The van der Waals surface area contributed by atoms with E-state index in [1.165, 1.54) is 0 Å². The van der Waals surface area contributed by atoms with Crippen molar-refractivity contribution in [3.8, 4) is 0 Å². The number of nitrogens with one attached hydrogen (secondary N) is 2. The van der Waals surface area contributed by atoms with Crippen molar-refractivity contribution in [1.29, 1.82) is 0 Å². The maximum atomic E-state index is 12.5. The van der Waals surface area contributed by atoms with Crippen LogP contribution >= 0.6 is 0 Å². The Morgan fingerprint density at radius 1 is 1.06 bits per heavy atom. The van der Waals surface area contributed by atoms with Crippen LogP contribution in [0.1, 0.15) is 50.8 Å². The molecule has 3 amide bonds. The van der Waals surface area contributed by atoms with Crippen LogP contribution < -0.4 is 15.5 Å². The fraction of sp³-hybridized carbons (Fsp3) is 0.400. The zero-order valence-corrected chi connectivity index (χ0v) is 18.9. The van der Waals surface area contributed by atoms with Crippen LogP contribution in [0, 0.1) is 0 Å². The minimum Gasteiger partial charge on any atom is -0.444 e. The number of benzene rings is 2. The lowest BCUT2D eigenvalue weighted by molar-refractivity contribution is -0.120. The van der Waals surface area contributed by atoms with Gasteiger partial charge in [-0.2, -0.15) is 0 Å². The third-order valence-corrected chi connectivity index (χ3v) is 5.08. The first kappa shape index (κ1) is 23.3. The fourth-order valence-corrected chi connectivity index (χ4v) is 3.57. The van der Waals surface area contributed by atoms with Gasteiger partial charge in [0.15, 0.2) is 0 Å². The molecule has 1 heterocycles. The van der Waals surface area contributed by atoms with Crippen molar-refractivity contribution in [2.45, 2.75) is 51.7 Å². The molecule has 0 aliphatic carbocycles. The van der Waals surface area contributed by atoms with Gasteiger partial charge in [0.2, 0.25) is 11.8 Å². The predicted molar refractivity (Wildman–Crippen MR) is 123 cm³/mol. The summed E-state index contributed by atoms with van der Waals surface area (Å²) in [5.74, 6) is -0.0122. The highest BCUT2D eigenvalue weighted by atomic mass is 16.6. The standard InChI is InChI=1S/C25H31N3O4/c1-25(2,3)32-24(31)27-21(19-8-5-4-6-9-19)17-26-22(29)16-18-11-13-20(14-12-18)28-15-7-10-23(28)30/h4-6,8-9,11-14,21H,7,10,15-17H2,1-3H3,(H,26,29)(H,27,31)/t21-/m1/s1. The van der Waals surface area contributed by atoms with Gasteiger partial charge in [0.25, 0.3) is 0 Å². The summed E-state index contributed by atoms with van der Waals surface area (Å²) in [5, 5.41) is 5.74. The molecule has 1 atom stereocenters. The SMILES string of the molecule is CC(C)(C)OC(=O)N[C@H](CNC(=O)Cc1ccc(N2CCCC2=O)cc1)c1ccccc1. The second kappa shape index (κ2) is 10.3. The Balaban J connectivity index is 1.57. The number of nitrogens with zero attached hydrogens (tertiary/aromatic N) is 1. The number of carbonyl (C=O) groups is 3. The highest BCUT2D eigenvalue weighted by molar-refractivity contribution is 5.95. The molecule has 0 bridgehead atoms. The molecule has 0 aromatic heterocycles. The molecule has 0 unspecified atom stereocenters. The lowest BCUT2D eigenvalue weighted by Crippen LogP contribution is -2.40. The van der Waals surface area contributed by atoms with Crippen molar-refractivity contribution in [3.05, 3.63) is 65.7 Å². The summed E-state index contributed by atoms with van der Waals surface area (Å²) < 4.78 is 5.36. The zero-order chi connectivity index (χ0) is 23.1. The Morgan fingerprint density at radius 2 is 1.75 bits per heavy atom. The molecule has 3 rings (SSSR count). The van der Waals surface area contributed by atoms with Crippen LogP contribution in [-0.4, -0.2) is 36.6 Å². The van der Waals surface area contributed by atoms with E-state index in [4.69, 9.17) is 4.74 Å². The van der Waals surface area contributed by atoms with Crippen LogP contribution in [0.15, 0.2) is 54.6 Å². The van der Waals surface area contributed by atoms with Crippen molar-refractivity contribution in [3.63, 3.8) is 0 Å². The minimum absolute atomic E-state index is 0.139. The van der Waals surface area contributed by atoms with E-state index in [1.54, 1.807) is 25.7 Å².